The Hall–Kier alpha value is -2.77. The van der Waals surface area contributed by atoms with Gasteiger partial charge in [-0.3, -0.25) is 9.10 Å². The lowest BCUT2D eigenvalue weighted by molar-refractivity contribution is 0.102. The zero-order valence-corrected chi connectivity index (χ0v) is 18.8. The Kier molecular flexibility index (Phi) is 6.84. The molecule has 3 aromatic rings. The molecule has 0 radical (unpaired) electrons. The first kappa shape index (κ1) is 21.9. The van der Waals surface area contributed by atoms with Crippen LogP contribution in [0.4, 0.5) is 11.4 Å². The fourth-order valence-corrected chi connectivity index (χ4v) is 4.39. The average molecular weight is 441 g/mol. The molecule has 0 saturated heterocycles. The lowest BCUT2D eigenvalue weighted by Crippen LogP contribution is -2.26. The molecule has 0 heterocycles. The highest BCUT2D eigenvalue weighted by Crippen LogP contribution is 2.26. The third-order valence-electron chi connectivity index (χ3n) is 4.75. The number of carbonyl (C=O) groups excluding carboxylic acids is 1. The minimum absolute atomic E-state index is 0.275. The maximum atomic E-state index is 12.8. The Morgan fingerprint density at radius 3 is 2.27 bits per heavy atom. The van der Waals surface area contributed by atoms with Gasteiger partial charge in [0.05, 0.1) is 11.9 Å². The molecule has 0 aliphatic heterocycles. The fourth-order valence-electron chi connectivity index (χ4n) is 2.96. The van der Waals surface area contributed by atoms with Gasteiger partial charge in [-0.25, -0.2) is 8.42 Å². The highest BCUT2D eigenvalue weighted by molar-refractivity contribution is 7.98. The summed E-state index contributed by atoms with van der Waals surface area (Å²) in [6.45, 7) is 1.75. The quantitative estimate of drug-likeness (QED) is 0.529. The van der Waals surface area contributed by atoms with Crippen LogP contribution < -0.4 is 9.62 Å². The summed E-state index contributed by atoms with van der Waals surface area (Å²) in [5.41, 5.74) is 3.38. The SMILES string of the molecule is Cc1c(C(=O)Nc2ccc(CSc3ccccc3)cc2)cccc1N(C)S(C)(=O)=O. The lowest BCUT2D eigenvalue weighted by Gasteiger charge is -2.20. The molecule has 30 heavy (non-hydrogen) atoms. The van der Waals surface area contributed by atoms with E-state index in [4.69, 9.17) is 0 Å². The number of rotatable bonds is 7. The number of sulfonamides is 1. The van der Waals surface area contributed by atoms with Crippen molar-refractivity contribution in [1.82, 2.24) is 0 Å². The molecule has 3 rings (SSSR count). The van der Waals surface area contributed by atoms with Crippen LogP contribution in [-0.4, -0.2) is 27.6 Å². The molecule has 0 saturated carbocycles. The lowest BCUT2D eigenvalue weighted by atomic mass is 10.1. The van der Waals surface area contributed by atoms with E-state index in [1.165, 1.54) is 16.2 Å². The highest BCUT2D eigenvalue weighted by Gasteiger charge is 2.18. The van der Waals surface area contributed by atoms with Gasteiger partial charge in [-0.1, -0.05) is 36.4 Å². The van der Waals surface area contributed by atoms with Crippen molar-refractivity contribution in [3.63, 3.8) is 0 Å². The van der Waals surface area contributed by atoms with Gasteiger partial charge in [-0.2, -0.15) is 0 Å². The van der Waals surface area contributed by atoms with E-state index in [0.29, 0.717) is 22.5 Å². The maximum absolute atomic E-state index is 12.8. The van der Waals surface area contributed by atoms with Crippen LogP contribution in [0.5, 0.6) is 0 Å². The van der Waals surface area contributed by atoms with Gasteiger partial charge < -0.3 is 5.32 Å². The second-order valence-electron chi connectivity index (χ2n) is 6.93. The normalized spacial score (nSPS) is 11.2. The van der Waals surface area contributed by atoms with E-state index in [9.17, 15) is 13.2 Å². The molecule has 3 aromatic carbocycles. The molecule has 0 atom stereocenters. The van der Waals surface area contributed by atoms with Gasteiger partial charge >= 0.3 is 0 Å². The van der Waals surface area contributed by atoms with Crippen molar-refractivity contribution in [3.05, 3.63) is 89.5 Å². The average Bonchev–Trinajstić information content (AvgIpc) is 2.73. The van der Waals surface area contributed by atoms with Gasteiger partial charge in [0.2, 0.25) is 10.0 Å². The van der Waals surface area contributed by atoms with Gasteiger partial charge in [0, 0.05) is 28.9 Å². The number of thioether (sulfide) groups is 1. The van der Waals surface area contributed by atoms with Gasteiger partial charge in [0.15, 0.2) is 0 Å². The van der Waals surface area contributed by atoms with E-state index in [0.717, 1.165) is 17.6 Å². The number of carbonyl (C=O) groups is 1. The van der Waals surface area contributed by atoms with Gasteiger partial charge in [0.25, 0.3) is 5.91 Å². The smallest absolute Gasteiger partial charge is 0.256 e. The van der Waals surface area contributed by atoms with Crippen molar-refractivity contribution in [1.29, 1.82) is 0 Å². The van der Waals surface area contributed by atoms with Crippen molar-refractivity contribution in [3.8, 4) is 0 Å². The molecule has 156 valence electrons. The molecule has 1 amide bonds. The number of anilines is 2. The summed E-state index contributed by atoms with van der Waals surface area (Å²) in [7, 11) is -1.93. The van der Waals surface area contributed by atoms with E-state index < -0.39 is 10.0 Å². The van der Waals surface area contributed by atoms with E-state index >= 15 is 0 Å². The van der Waals surface area contributed by atoms with Crippen LogP contribution in [0.2, 0.25) is 0 Å². The molecular formula is C23H24N2O3S2. The predicted molar refractivity (Wildman–Crippen MR) is 125 cm³/mol. The van der Waals surface area contributed by atoms with Crippen LogP contribution in [0.25, 0.3) is 0 Å². The predicted octanol–water partition coefficient (Wildman–Crippen LogP) is 4.94. The summed E-state index contributed by atoms with van der Waals surface area (Å²) in [6, 6.07) is 23.0. The second-order valence-corrected chi connectivity index (χ2v) is 10.00. The minimum Gasteiger partial charge on any atom is -0.322 e. The third-order valence-corrected chi connectivity index (χ3v) is 7.02. The molecule has 5 nitrogen and oxygen atoms in total. The first-order chi connectivity index (χ1) is 14.3. The van der Waals surface area contributed by atoms with Crippen molar-refractivity contribution in [2.24, 2.45) is 0 Å². The van der Waals surface area contributed by atoms with Gasteiger partial charge in [0.1, 0.15) is 0 Å². The molecule has 7 heteroatoms. The summed E-state index contributed by atoms with van der Waals surface area (Å²) < 4.78 is 24.9. The molecule has 0 aliphatic carbocycles. The summed E-state index contributed by atoms with van der Waals surface area (Å²) in [6.07, 6.45) is 1.14. The van der Waals surface area contributed by atoms with Crippen LogP contribution in [0.1, 0.15) is 21.5 Å². The number of hydrogen-bond acceptors (Lipinski definition) is 4. The summed E-state index contributed by atoms with van der Waals surface area (Å²) in [4.78, 5) is 14.0. The van der Waals surface area contributed by atoms with Crippen LogP contribution in [0.3, 0.4) is 0 Å². The molecule has 0 aliphatic rings. The third kappa shape index (κ3) is 5.43. The number of hydrogen-bond donors (Lipinski definition) is 1. The zero-order chi connectivity index (χ0) is 21.7. The van der Waals surface area contributed by atoms with E-state index in [1.807, 2.05) is 42.5 Å². The topological polar surface area (TPSA) is 66.5 Å². The second kappa shape index (κ2) is 9.36. The molecule has 0 bridgehead atoms. The first-order valence-corrected chi connectivity index (χ1v) is 12.2. The van der Waals surface area contributed by atoms with E-state index in [-0.39, 0.29) is 5.91 Å². The Morgan fingerprint density at radius 1 is 0.967 bits per heavy atom. The molecule has 0 aromatic heterocycles. The molecule has 1 N–H and O–H groups in total. The van der Waals surface area contributed by atoms with Gasteiger partial charge in [-0.05, 0) is 54.4 Å². The molecule has 0 fully saturated rings. The number of amides is 1. The van der Waals surface area contributed by atoms with E-state index in [1.54, 1.807) is 36.9 Å². The largest absolute Gasteiger partial charge is 0.322 e. The Labute approximate surface area is 182 Å². The first-order valence-electron chi connectivity index (χ1n) is 9.37. The highest BCUT2D eigenvalue weighted by atomic mass is 32.2. The van der Waals surface area contributed by atoms with Crippen LogP contribution in [-0.2, 0) is 15.8 Å². The summed E-state index contributed by atoms with van der Waals surface area (Å²) in [5, 5.41) is 2.89. The maximum Gasteiger partial charge on any atom is 0.256 e. The Bertz CT molecular complexity index is 1130. The number of nitrogens with zero attached hydrogens (tertiary/aromatic N) is 1. The molecule has 0 unspecified atom stereocenters. The van der Waals surface area contributed by atoms with Crippen molar-refractivity contribution in [2.75, 3.05) is 22.9 Å². The van der Waals surface area contributed by atoms with Crippen LogP contribution in [0.15, 0.2) is 77.7 Å². The zero-order valence-electron chi connectivity index (χ0n) is 17.1. The van der Waals surface area contributed by atoms with Crippen molar-refractivity contribution < 1.29 is 13.2 Å². The Morgan fingerprint density at radius 2 is 1.63 bits per heavy atom. The standard InChI is InChI=1S/C23H24N2O3S2/c1-17-21(10-7-11-22(17)25(2)30(3,27)28)23(26)24-19-14-12-18(13-15-19)16-29-20-8-5-4-6-9-20/h4-15H,16H2,1-3H3,(H,24,26). The van der Waals surface area contributed by atoms with Crippen LogP contribution in [0, 0.1) is 6.92 Å². The molecular weight excluding hydrogens is 416 g/mol. The van der Waals surface area contributed by atoms with E-state index in [2.05, 4.69) is 17.4 Å². The van der Waals surface area contributed by atoms with Crippen LogP contribution >= 0.6 is 11.8 Å². The minimum atomic E-state index is -3.41. The van der Waals surface area contributed by atoms with Crippen molar-refractivity contribution >= 4 is 39.1 Å². The summed E-state index contributed by atoms with van der Waals surface area (Å²) in [5.74, 6) is 0.569. The van der Waals surface area contributed by atoms with Gasteiger partial charge in [-0.15, -0.1) is 11.8 Å². The number of benzene rings is 3. The Balaban J connectivity index is 1.69. The number of nitrogens with one attached hydrogen (secondary N) is 1. The van der Waals surface area contributed by atoms with Crippen molar-refractivity contribution in [2.45, 2.75) is 17.6 Å². The monoisotopic (exact) mass is 440 g/mol. The fraction of sp³-hybridized carbons (Fsp3) is 0.174. The summed E-state index contributed by atoms with van der Waals surface area (Å²) >= 11 is 1.76. The molecule has 0 spiro atoms.